The van der Waals surface area contributed by atoms with Crippen LogP contribution in [0.1, 0.15) is 6.42 Å². The van der Waals surface area contributed by atoms with E-state index < -0.39 is 51.8 Å². The topological polar surface area (TPSA) is 60.4 Å². The summed E-state index contributed by atoms with van der Waals surface area (Å²) in [4.78, 5) is 10.6. The van der Waals surface area contributed by atoms with Gasteiger partial charge in [0, 0.05) is 6.42 Å². The zero-order valence-corrected chi connectivity index (χ0v) is 10.6. The third kappa shape index (κ3) is 4.49. The summed E-state index contributed by atoms with van der Waals surface area (Å²) in [6.07, 6.45) is -8.80. The largest absolute Gasteiger partial charge is 0.468 e. The molecule has 0 aromatic carbocycles. The van der Waals surface area contributed by atoms with E-state index in [2.05, 4.69) is 4.74 Å². The second kappa shape index (κ2) is 5.74. The number of rotatable bonds is 6. The molecule has 0 N–H and O–H groups in total. The first-order valence-electron chi connectivity index (χ1n) is 4.76. The van der Waals surface area contributed by atoms with Crippen LogP contribution in [0.3, 0.4) is 0 Å². The first-order chi connectivity index (χ1) is 8.66. The lowest BCUT2D eigenvalue weighted by molar-refractivity contribution is -0.354. The van der Waals surface area contributed by atoms with Crippen LogP contribution in [0.2, 0.25) is 0 Å². The number of ether oxygens (including phenoxy) is 1. The molecule has 0 aromatic heterocycles. The fourth-order valence-electron chi connectivity index (χ4n) is 0.959. The lowest BCUT2D eigenvalue weighted by atomic mass is 10.1. The van der Waals surface area contributed by atoms with Gasteiger partial charge in [-0.1, -0.05) is 0 Å². The minimum Gasteiger partial charge on any atom is -0.468 e. The van der Waals surface area contributed by atoms with E-state index in [1.807, 2.05) is 0 Å². The van der Waals surface area contributed by atoms with Gasteiger partial charge < -0.3 is 4.74 Å². The second-order valence-electron chi connectivity index (χ2n) is 3.69. The van der Waals surface area contributed by atoms with Crippen molar-refractivity contribution in [2.24, 2.45) is 0 Å². The van der Waals surface area contributed by atoms with Crippen molar-refractivity contribution in [2.45, 2.75) is 24.4 Å². The third-order valence-corrected chi connectivity index (χ3v) is 3.61. The maximum atomic E-state index is 12.8. The van der Waals surface area contributed by atoms with Crippen LogP contribution < -0.4 is 0 Å². The summed E-state index contributed by atoms with van der Waals surface area (Å²) in [7, 11) is -3.81. The van der Waals surface area contributed by atoms with Gasteiger partial charge in [-0.25, -0.2) is 8.42 Å². The molecule has 120 valence electrons. The van der Waals surface area contributed by atoms with Crippen molar-refractivity contribution >= 4 is 15.8 Å². The molecule has 0 saturated carbocycles. The molecule has 0 saturated heterocycles. The average Bonchev–Trinajstić information content (AvgIpc) is 2.24. The van der Waals surface area contributed by atoms with E-state index in [4.69, 9.17) is 0 Å². The Kier molecular flexibility index (Phi) is 5.43. The monoisotopic (exact) mass is 334 g/mol. The fourth-order valence-corrected chi connectivity index (χ4v) is 2.15. The van der Waals surface area contributed by atoms with Gasteiger partial charge in [0.1, 0.15) is 5.75 Å². The number of alkyl halides is 7. The molecule has 0 aliphatic rings. The minimum absolute atomic E-state index is 0.782. The number of esters is 1. The van der Waals surface area contributed by atoms with Crippen LogP contribution in [0.15, 0.2) is 0 Å². The number of carbonyl (C=O) groups is 1. The molecular weight excluding hydrogens is 325 g/mol. The predicted molar refractivity (Wildman–Crippen MR) is 51.2 cm³/mol. The fraction of sp³-hybridized carbons (Fsp3) is 0.875. The normalized spacial score (nSPS) is 14.2. The summed E-state index contributed by atoms with van der Waals surface area (Å²) in [6, 6.07) is 0. The van der Waals surface area contributed by atoms with Crippen LogP contribution in [0, 0.1) is 0 Å². The lowest BCUT2D eigenvalue weighted by Gasteiger charge is -2.27. The van der Waals surface area contributed by atoms with Gasteiger partial charge in [0.25, 0.3) is 0 Å². The van der Waals surface area contributed by atoms with E-state index >= 15 is 0 Å². The van der Waals surface area contributed by atoms with Crippen molar-refractivity contribution in [2.75, 3.05) is 18.6 Å². The smallest absolute Gasteiger partial charge is 0.459 e. The first kappa shape index (κ1) is 18.9. The van der Waals surface area contributed by atoms with Gasteiger partial charge in [-0.3, -0.25) is 4.79 Å². The van der Waals surface area contributed by atoms with Gasteiger partial charge in [0.2, 0.25) is 0 Å². The van der Waals surface area contributed by atoms with E-state index in [1.165, 1.54) is 0 Å². The number of carbonyl (C=O) groups excluding carboxylic acids is 1. The second-order valence-corrected chi connectivity index (χ2v) is 5.88. The van der Waals surface area contributed by atoms with Crippen molar-refractivity contribution in [1.82, 2.24) is 0 Å². The Hall–Kier alpha value is -1.07. The van der Waals surface area contributed by atoms with Crippen LogP contribution in [0.4, 0.5) is 30.7 Å². The Labute approximate surface area is 108 Å². The standard InChI is InChI=1S/C8H9F7O4S/c1-19-5(16)4-20(17,18)3-2-6(9,10)7(11,12)8(13,14)15/h2-4H2,1H3. The molecule has 4 nitrogen and oxygen atoms in total. The van der Waals surface area contributed by atoms with E-state index in [0.717, 1.165) is 7.11 Å². The van der Waals surface area contributed by atoms with Crippen molar-refractivity contribution in [1.29, 1.82) is 0 Å². The zero-order valence-electron chi connectivity index (χ0n) is 9.81. The van der Waals surface area contributed by atoms with Crippen LogP contribution in [-0.2, 0) is 19.4 Å². The highest BCUT2D eigenvalue weighted by Gasteiger charge is 2.72. The molecule has 0 spiro atoms. The molecule has 0 rings (SSSR count). The molecule has 0 radical (unpaired) electrons. The van der Waals surface area contributed by atoms with Crippen molar-refractivity contribution in [3.8, 4) is 0 Å². The number of halogens is 7. The quantitative estimate of drug-likeness (QED) is 0.549. The maximum absolute atomic E-state index is 12.8. The first-order valence-corrected chi connectivity index (χ1v) is 6.58. The summed E-state index contributed by atoms with van der Waals surface area (Å²) in [5.41, 5.74) is 0. The number of hydrogen-bond acceptors (Lipinski definition) is 4. The van der Waals surface area contributed by atoms with Gasteiger partial charge in [-0.2, -0.15) is 30.7 Å². The Morgan fingerprint density at radius 3 is 1.85 bits per heavy atom. The van der Waals surface area contributed by atoms with Crippen LogP contribution in [-0.4, -0.2) is 51.0 Å². The Bertz CT molecular complexity index is 454. The zero-order chi connectivity index (χ0) is 16.4. The van der Waals surface area contributed by atoms with E-state index in [9.17, 15) is 43.9 Å². The molecular formula is C8H9F7O4S. The average molecular weight is 334 g/mol. The Morgan fingerprint density at radius 1 is 1.05 bits per heavy atom. The summed E-state index contributed by atoms with van der Waals surface area (Å²) in [6.45, 7) is 0. The maximum Gasteiger partial charge on any atom is 0.459 e. The Balaban J connectivity index is 4.93. The SMILES string of the molecule is COC(=O)CS(=O)(=O)CCC(F)(F)C(F)(F)C(F)(F)F. The molecule has 12 heteroatoms. The van der Waals surface area contributed by atoms with Gasteiger partial charge in [0.15, 0.2) is 9.84 Å². The molecule has 0 aliphatic carbocycles. The van der Waals surface area contributed by atoms with Gasteiger partial charge in [-0.05, 0) is 0 Å². The molecule has 0 fully saturated rings. The Morgan fingerprint density at radius 2 is 1.50 bits per heavy atom. The summed E-state index contributed by atoms with van der Waals surface area (Å²) in [5.74, 6) is -16.5. The van der Waals surface area contributed by atoms with Crippen molar-refractivity contribution in [3.05, 3.63) is 0 Å². The van der Waals surface area contributed by atoms with Gasteiger partial charge in [-0.15, -0.1) is 0 Å². The van der Waals surface area contributed by atoms with Crippen molar-refractivity contribution < 1.29 is 48.7 Å². The molecule has 0 amide bonds. The van der Waals surface area contributed by atoms with Crippen molar-refractivity contribution in [3.63, 3.8) is 0 Å². The molecule has 0 unspecified atom stereocenters. The molecule has 20 heavy (non-hydrogen) atoms. The molecule has 0 aliphatic heterocycles. The number of methoxy groups -OCH3 is 1. The number of sulfone groups is 1. The van der Waals surface area contributed by atoms with Gasteiger partial charge in [0.05, 0.1) is 12.9 Å². The van der Waals surface area contributed by atoms with Gasteiger partial charge >= 0.3 is 24.0 Å². The van der Waals surface area contributed by atoms with E-state index in [1.54, 1.807) is 0 Å². The summed E-state index contributed by atoms with van der Waals surface area (Å²) < 4.78 is 112. The highest BCUT2D eigenvalue weighted by atomic mass is 32.2. The molecule has 0 bridgehead atoms. The third-order valence-electron chi connectivity index (χ3n) is 2.11. The molecule has 0 heterocycles. The van der Waals surface area contributed by atoms with Crippen LogP contribution in [0.25, 0.3) is 0 Å². The summed E-state index contributed by atoms with van der Waals surface area (Å²) >= 11 is 0. The number of hydrogen-bond donors (Lipinski definition) is 0. The molecule has 0 atom stereocenters. The van der Waals surface area contributed by atoms with Crippen LogP contribution in [0.5, 0.6) is 0 Å². The highest BCUT2D eigenvalue weighted by Crippen LogP contribution is 2.48. The van der Waals surface area contributed by atoms with Crippen LogP contribution >= 0.6 is 0 Å². The minimum atomic E-state index is -6.53. The summed E-state index contributed by atoms with van der Waals surface area (Å²) in [5, 5.41) is 0. The molecule has 0 aromatic rings. The van der Waals surface area contributed by atoms with E-state index in [-0.39, 0.29) is 0 Å². The lowest BCUT2D eigenvalue weighted by Crippen LogP contribution is -2.52. The predicted octanol–water partition coefficient (Wildman–Crippen LogP) is 1.80. The highest BCUT2D eigenvalue weighted by molar-refractivity contribution is 7.92. The van der Waals surface area contributed by atoms with E-state index in [0.29, 0.717) is 0 Å².